The third kappa shape index (κ3) is 1.55. The molecule has 1 nitrogen and oxygen atoms in total. The molecule has 0 aliphatic rings. The molecule has 0 fully saturated rings. The number of hydrogen-bond acceptors (Lipinski definition) is 1. The first-order valence-electron chi connectivity index (χ1n) is 5.81. The number of para-hydroxylation sites is 1. The molecule has 1 heterocycles. The number of aryl methyl sites for hydroxylation is 2. The Bertz CT molecular complexity index is 663. The topological polar surface area (TPSA) is 13.1 Å². The summed E-state index contributed by atoms with van der Waals surface area (Å²) in [6.45, 7) is 4.11. The minimum absolute atomic E-state index is 0.987. The first-order valence-corrected chi connectivity index (χ1v) is 5.81. The van der Waals surface area contributed by atoms with Gasteiger partial charge in [-0.1, -0.05) is 48.5 Å². The van der Waals surface area contributed by atoms with Gasteiger partial charge in [-0.05, 0) is 25.0 Å². The van der Waals surface area contributed by atoms with Crippen LogP contribution in [0.5, 0.6) is 0 Å². The summed E-state index contributed by atoms with van der Waals surface area (Å²) in [7, 11) is 0. The van der Waals surface area contributed by atoms with Crippen LogP contribution in [0.15, 0.2) is 52.9 Å². The Labute approximate surface area is 101 Å². The summed E-state index contributed by atoms with van der Waals surface area (Å²) in [6, 6.07) is 16.7. The molecular formula is C16H14O. The van der Waals surface area contributed by atoms with Crippen molar-refractivity contribution in [3.05, 3.63) is 59.9 Å². The van der Waals surface area contributed by atoms with Crippen molar-refractivity contribution in [1.82, 2.24) is 0 Å². The molecule has 0 aliphatic carbocycles. The van der Waals surface area contributed by atoms with E-state index in [0.717, 1.165) is 11.3 Å². The zero-order valence-corrected chi connectivity index (χ0v) is 10.0. The average molecular weight is 222 g/mol. The predicted molar refractivity (Wildman–Crippen MR) is 71.1 cm³/mol. The van der Waals surface area contributed by atoms with Crippen molar-refractivity contribution in [2.75, 3.05) is 0 Å². The van der Waals surface area contributed by atoms with Crippen molar-refractivity contribution in [2.24, 2.45) is 0 Å². The van der Waals surface area contributed by atoms with E-state index in [9.17, 15) is 0 Å². The van der Waals surface area contributed by atoms with Crippen LogP contribution in [0.1, 0.15) is 11.3 Å². The van der Waals surface area contributed by atoms with E-state index in [1.165, 1.54) is 22.1 Å². The van der Waals surface area contributed by atoms with Gasteiger partial charge in [-0.3, -0.25) is 0 Å². The fourth-order valence-corrected chi connectivity index (χ4v) is 2.34. The molecule has 0 N–H and O–H groups in total. The zero-order chi connectivity index (χ0) is 11.8. The van der Waals surface area contributed by atoms with Gasteiger partial charge in [0, 0.05) is 10.9 Å². The fraction of sp³-hybridized carbons (Fsp3) is 0.125. The highest BCUT2D eigenvalue weighted by atomic mass is 16.3. The van der Waals surface area contributed by atoms with Crippen molar-refractivity contribution in [3.8, 4) is 11.1 Å². The van der Waals surface area contributed by atoms with Gasteiger partial charge in [-0.25, -0.2) is 0 Å². The van der Waals surface area contributed by atoms with E-state index in [2.05, 4.69) is 49.4 Å². The van der Waals surface area contributed by atoms with Crippen LogP contribution in [0.25, 0.3) is 22.1 Å². The van der Waals surface area contributed by atoms with Crippen LogP contribution in [0, 0.1) is 13.8 Å². The lowest BCUT2D eigenvalue weighted by atomic mass is 10.0. The largest absolute Gasteiger partial charge is 0.460 e. The highest BCUT2D eigenvalue weighted by Crippen LogP contribution is 2.35. The van der Waals surface area contributed by atoms with E-state index in [1.54, 1.807) is 0 Å². The number of benzene rings is 2. The predicted octanol–water partition coefficient (Wildman–Crippen LogP) is 4.72. The van der Waals surface area contributed by atoms with E-state index in [0.29, 0.717) is 0 Å². The smallest absolute Gasteiger partial charge is 0.137 e. The molecule has 1 heteroatoms. The Morgan fingerprint density at radius 2 is 1.59 bits per heavy atom. The normalized spacial score (nSPS) is 10.9. The molecule has 0 amide bonds. The van der Waals surface area contributed by atoms with Crippen LogP contribution in [0.2, 0.25) is 0 Å². The molecule has 0 saturated heterocycles. The first-order chi connectivity index (χ1) is 8.27. The summed E-state index contributed by atoms with van der Waals surface area (Å²) in [5.41, 5.74) is 4.62. The molecule has 0 unspecified atom stereocenters. The van der Waals surface area contributed by atoms with Gasteiger partial charge in [0.25, 0.3) is 0 Å². The summed E-state index contributed by atoms with van der Waals surface area (Å²) in [5.74, 6) is 0.987. The highest BCUT2D eigenvalue weighted by Gasteiger charge is 2.13. The lowest BCUT2D eigenvalue weighted by molar-refractivity contribution is 0.578. The standard InChI is InChI=1S/C16H14O/c1-11-7-6-10-14-15(12(2)17-16(11)14)13-8-4-3-5-9-13/h3-10H,1-2H3. The minimum atomic E-state index is 0.987. The number of furan rings is 1. The van der Waals surface area contributed by atoms with Gasteiger partial charge in [0.2, 0.25) is 0 Å². The van der Waals surface area contributed by atoms with Crippen LogP contribution >= 0.6 is 0 Å². The Morgan fingerprint density at radius 1 is 0.824 bits per heavy atom. The van der Waals surface area contributed by atoms with Crippen LogP contribution in [-0.4, -0.2) is 0 Å². The molecule has 1 aromatic heterocycles. The van der Waals surface area contributed by atoms with E-state index in [1.807, 2.05) is 13.0 Å². The summed E-state index contributed by atoms with van der Waals surface area (Å²) in [4.78, 5) is 0. The Balaban J connectivity index is 2.37. The van der Waals surface area contributed by atoms with Gasteiger partial charge in [-0.15, -0.1) is 0 Å². The molecule has 3 rings (SSSR count). The first kappa shape index (κ1) is 10.2. The second-order valence-corrected chi connectivity index (χ2v) is 4.35. The SMILES string of the molecule is Cc1oc2c(C)cccc2c1-c1ccccc1. The van der Waals surface area contributed by atoms with E-state index >= 15 is 0 Å². The van der Waals surface area contributed by atoms with Crippen molar-refractivity contribution < 1.29 is 4.42 Å². The van der Waals surface area contributed by atoms with E-state index in [-0.39, 0.29) is 0 Å². The summed E-state index contributed by atoms with van der Waals surface area (Å²) < 4.78 is 5.88. The van der Waals surface area contributed by atoms with Gasteiger partial charge in [0.05, 0.1) is 0 Å². The maximum absolute atomic E-state index is 5.88. The van der Waals surface area contributed by atoms with E-state index < -0.39 is 0 Å². The lowest BCUT2D eigenvalue weighted by Gasteiger charge is -1.99. The molecule has 0 radical (unpaired) electrons. The summed E-state index contributed by atoms with van der Waals surface area (Å²) in [6.07, 6.45) is 0. The van der Waals surface area contributed by atoms with Crippen LogP contribution < -0.4 is 0 Å². The molecule has 3 aromatic rings. The quantitative estimate of drug-likeness (QED) is 0.580. The van der Waals surface area contributed by atoms with Gasteiger partial charge >= 0.3 is 0 Å². The fourth-order valence-electron chi connectivity index (χ4n) is 2.34. The summed E-state index contributed by atoms with van der Waals surface area (Å²) in [5, 5.41) is 1.20. The molecule has 0 saturated carbocycles. The molecule has 0 bridgehead atoms. The molecule has 2 aromatic carbocycles. The maximum Gasteiger partial charge on any atom is 0.137 e. The van der Waals surface area contributed by atoms with Gasteiger partial charge in [0.1, 0.15) is 11.3 Å². The highest BCUT2D eigenvalue weighted by molar-refractivity contribution is 5.96. The molecule has 0 atom stereocenters. The lowest BCUT2D eigenvalue weighted by Crippen LogP contribution is -1.78. The monoisotopic (exact) mass is 222 g/mol. The van der Waals surface area contributed by atoms with Crippen LogP contribution in [-0.2, 0) is 0 Å². The summed E-state index contributed by atoms with van der Waals surface area (Å²) >= 11 is 0. The second kappa shape index (κ2) is 3.77. The van der Waals surface area contributed by atoms with Gasteiger partial charge in [-0.2, -0.15) is 0 Å². The molecular weight excluding hydrogens is 208 g/mol. The van der Waals surface area contributed by atoms with Gasteiger partial charge in [0.15, 0.2) is 0 Å². The third-order valence-electron chi connectivity index (χ3n) is 3.15. The van der Waals surface area contributed by atoms with Crippen LogP contribution in [0.4, 0.5) is 0 Å². The molecule has 0 spiro atoms. The Hall–Kier alpha value is -2.02. The average Bonchev–Trinajstić information content (AvgIpc) is 2.68. The molecule has 84 valence electrons. The number of rotatable bonds is 1. The number of hydrogen-bond donors (Lipinski definition) is 0. The van der Waals surface area contributed by atoms with Gasteiger partial charge < -0.3 is 4.42 Å². The van der Waals surface area contributed by atoms with Crippen LogP contribution in [0.3, 0.4) is 0 Å². The van der Waals surface area contributed by atoms with Crippen molar-refractivity contribution >= 4 is 11.0 Å². The Kier molecular flexibility index (Phi) is 2.25. The van der Waals surface area contributed by atoms with Crippen molar-refractivity contribution in [1.29, 1.82) is 0 Å². The Morgan fingerprint density at radius 3 is 2.35 bits per heavy atom. The van der Waals surface area contributed by atoms with Crippen molar-refractivity contribution in [2.45, 2.75) is 13.8 Å². The van der Waals surface area contributed by atoms with E-state index in [4.69, 9.17) is 4.42 Å². The number of fused-ring (bicyclic) bond motifs is 1. The van der Waals surface area contributed by atoms with Crippen molar-refractivity contribution in [3.63, 3.8) is 0 Å². The minimum Gasteiger partial charge on any atom is -0.460 e. The maximum atomic E-state index is 5.88. The zero-order valence-electron chi connectivity index (χ0n) is 10.0. The third-order valence-corrected chi connectivity index (χ3v) is 3.15. The second-order valence-electron chi connectivity index (χ2n) is 4.35. The molecule has 17 heavy (non-hydrogen) atoms. The molecule has 0 aliphatic heterocycles.